The molecule has 0 spiro atoms. The molecular weight excluding hydrogens is 326 g/mol. The minimum Gasteiger partial charge on any atom is -0.469 e. The highest BCUT2D eigenvalue weighted by atomic mass is 16.6. The largest absolute Gasteiger partial charge is 0.469 e. The highest BCUT2D eigenvalue weighted by Crippen LogP contribution is 2.30. The maximum Gasteiger partial charge on any atom is 0.416 e. The summed E-state index contributed by atoms with van der Waals surface area (Å²) < 4.78 is 9.64. The van der Waals surface area contributed by atoms with Gasteiger partial charge in [-0.05, 0) is 11.5 Å². The van der Waals surface area contributed by atoms with Gasteiger partial charge in [0.1, 0.15) is 6.61 Å². The minimum atomic E-state index is -1.24. The summed E-state index contributed by atoms with van der Waals surface area (Å²) in [5, 5.41) is 10.7. The normalized spacial score (nSPS) is 19.5. The zero-order valence-corrected chi connectivity index (χ0v) is 14.5. The minimum absolute atomic E-state index is 0.0111. The van der Waals surface area contributed by atoms with Gasteiger partial charge in [0.15, 0.2) is 0 Å². The summed E-state index contributed by atoms with van der Waals surface area (Å²) in [4.78, 5) is 37.8. The molecule has 0 aromatic heterocycles. The van der Waals surface area contributed by atoms with Crippen LogP contribution in [0.1, 0.15) is 31.9 Å². The van der Waals surface area contributed by atoms with E-state index in [1.165, 1.54) is 7.11 Å². The van der Waals surface area contributed by atoms with Crippen LogP contribution in [0.5, 0.6) is 0 Å². The van der Waals surface area contributed by atoms with Crippen LogP contribution in [-0.2, 0) is 19.1 Å². The number of hydrogen-bond donors (Lipinski definition) is 1. The molecule has 1 N–H and O–H groups in total. The van der Waals surface area contributed by atoms with E-state index in [0.717, 1.165) is 4.90 Å². The first kappa shape index (κ1) is 18.9. The van der Waals surface area contributed by atoms with Gasteiger partial charge in [0.05, 0.1) is 31.6 Å². The van der Waals surface area contributed by atoms with Crippen molar-refractivity contribution in [1.82, 2.24) is 4.90 Å². The molecular formula is C18H23NO6. The molecule has 1 fully saturated rings. The van der Waals surface area contributed by atoms with Gasteiger partial charge in [0, 0.05) is 0 Å². The van der Waals surface area contributed by atoms with Gasteiger partial charge < -0.3 is 14.6 Å². The van der Waals surface area contributed by atoms with Crippen molar-refractivity contribution >= 4 is 18.0 Å². The van der Waals surface area contributed by atoms with Gasteiger partial charge in [-0.2, -0.15) is 0 Å². The molecule has 1 aromatic carbocycles. The molecule has 136 valence electrons. The van der Waals surface area contributed by atoms with Crippen LogP contribution in [0, 0.1) is 11.8 Å². The average Bonchev–Trinajstić information content (AvgIpc) is 3.00. The van der Waals surface area contributed by atoms with E-state index in [9.17, 15) is 19.5 Å². The second kappa shape index (κ2) is 8.11. The van der Waals surface area contributed by atoms with Gasteiger partial charge in [-0.25, -0.2) is 9.69 Å². The molecule has 1 saturated heterocycles. The van der Waals surface area contributed by atoms with Crippen LogP contribution in [0.25, 0.3) is 0 Å². The number of aliphatic hydroxyl groups excluding tert-OH is 1. The van der Waals surface area contributed by atoms with Crippen molar-refractivity contribution in [3.8, 4) is 0 Å². The van der Waals surface area contributed by atoms with Crippen molar-refractivity contribution in [3.05, 3.63) is 35.9 Å². The van der Waals surface area contributed by atoms with Crippen molar-refractivity contribution in [3.63, 3.8) is 0 Å². The molecule has 25 heavy (non-hydrogen) atoms. The molecule has 0 aliphatic carbocycles. The molecule has 0 unspecified atom stereocenters. The van der Waals surface area contributed by atoms with E-state index in [1.54, 1.807) is 30.3 Å². The second-order valence-corrected chi connectivity index (χ2v) is 6.34. The number of amides is 2. The third kappa shape index (κ3) is 4.17. The first-order valence-corrected chi connectivity index (χ1v) is 8.16. The van der Waals surface area contributed by atoms with Crippen LogP contribution >= 0.6 is 0 Å². The van der Waals surface area contributed by atoms with E-state index in [-0.39, 0.29) is 18.9 Å². The van der Waals surface area contributed by atoms with Crippen LogP contribution in [0.2, 0.25) is 0 Å². The summed E-state index contributed by atoms with van der Waals surface area (Å²) in [6, 6.07) is 8.11. The van der Waals surface area contributed by atoms with Gasteiger partial charge in [0.2, 0.25) is 5.91 Å². The average molecular weight is 349 g/mol. The maximum absolute atomic E-state index is 13.0. The van der Waals surface area contributed by atoms with E-state index < -0.39 is 36.0 Å². The molecule has 2 amide bonds. The van der Waals surface area contributed by atoms with E-state index in [2.05, 4.69) is 4.74 Å². The third-order valence-electron chi connectivity index (χ3n) is 4.37. The van der Waals surface area contributed by atoms with Crippen molar-refractivity contribution < 1.29 is 29.0 Å². The lowest BCUT2D eigenvalue weighted by Gasteiger charge is -2.29. The monoisotopic (exact) mass is 349 g/mol. The fraction of sp³-hybridized carbons (Fsp3) is 0.500. The zero-order valence-electron chi connectivity index (χ0n) is 14.5. The van der Waals surface area contributed by atoms with Gasteiger partial charge in [-0.1, -0.05) is 44.2 Å². The Hall–Kier alpha value is -2.41. The van der Waals surface area contributed by atoms with Gasteiger partial charge in [-0.3, -0.25) is 9.59 Å². The molecule has 3 atom stereocenters. The Morgan fingerprint density at radius 2 is 1.96 bits per heavy atom. The number of imide groups is 1. The number of carbonyl (C=O) groups is 3. The summed E-state index contributed by atoms with van der Waals surface area (Å²) in [7, 11) is 1.21. The summed E-state index contributed by atoms with van der Waals surface area (Å²) in [6.45, 7) is 3.85. The highest BCUT2D eigenvalue weighted by molar-refractivity contribution is 5.96. The predicted octanol–water partition coefficient (Wildman–Crippen LogP) is 1.90. The van der Waals surface area contributed by atoms with Gasteiger partial charge in [0.25, 0.3) is 0 Å². The van der Waals surface area contributed by atoms with Crippen molar-refractivity contribution in [1.29, 1.82) is 0 Å². The summed E-state index contributed by atoms with van der Waals surface area (Å²) in [6.07, 6.45) is -2.33. The van der Waals surface area contributed by atoms with E-state index >= 15 is 0 Å². The van der Waals surface area contributed by atoms with Crippen LogP contribution in [-0.4, -0.2) is 47.7 Å². The quantitative estimate of drug-likeness (QED) is 0.789. The smallest absolute Gasteiger partial charge is 0.416 e. The Morgan fingerprint density at radius 1 is 1.32 bits per heavy atom. The van der Waals surface area contributed by atoms with Gasteiger partial charge in [-0.15, -0.1) is 0 Å². The Bertz CT molecular complexity index is 630. The highest BCUT2D eigenvalue weighted by Gasteiger charge is 2.44. The number of aliphatic hydroxyl groups is 1. The van der Waals surface area contributed by atoms with Crippen LogP contribution in [0.4, 0.5) is 4.79 Å². The van der Waals surface area contributed by atoms with Gasteiger partial charge >= 0.3 is 12.1 Å². The number of methoxy groups -OCH3 is 1. The third-order valence-corrected chi connectivity index (χ3v) is 4.37. The molecule has 7 heteroatoms. The Morgan fingerprint density at radius 3 is 2.52 bits per heavy atom. The fourth-order valence-electron chi connectivity index (χ4n) is 2.84. The Kier molecular flexibility index (Phi) is 6.14. The standard InChI is InChI=1S/C18H23NO6/c1-11(2)14-10-25-18(23)19(14)17(22)13(9-15(20)24-3)16(21)12-7-5-4-6-8-12/h4-8,11,13-14,16,21H,9-10H2,1-3H3/t13-,14+,16+/m0/s1. The molecule has 1 aliphatic rings. The van der Waals surface area contributed by atoms with Crippen molar-refractivity contribution in [2.75, 3.05) is 13.7 Å². The van der Waals surface area contributed by atoms with Crippen LogP contribution in [0.3, 0.4) is 0 Å². The molecule has 7 nitrogen and oxygen atoms in total. The lowest BCUT2D eigenvalue weighted by molar-refractivity contribution is -0.149. The molecule has 0 bridgehead atoms. The Labute approximate surface area is 146 Å². The lowest BCUT2D eigenvalue weighted by Crippen LogP contribution is -2.46. The number of nitrogens with zero attached hydrogens (tertiary/aromatic N) is 1. The summed E-state index contributed by atoms with van der Waals surface area (Å²) in [5.74, 6) is -2.42. The van der Waals surface area contributed by atoms with E-state index in [1.807, 2.05) is 13.8 Å². The predicted molar refractivity (Wildman–Crippen MR) is 88.3 cm³/mol. The zero-order chi connectivity index (χ0) is 18.6. The number of rotatable bonds is 6. The van der Waals surface area contributed by atoms with Crippen LogP contribution in [0.15, 0.2) is 30.3 Å². The Balaban J connectivity index is 2.32. The number of carbonyl (C=O) groups excluding carboxylic acids is 3. The molecule has 0 saturated carbocycles. The molecule has 1 aliphatic heterocycles. The molecule has 2 rings (SSSR count). The number of ether oxygens (including phenoxy) is 2. The lowest BCUT2D eigenvalue weighted by atomic mass is 9.90. The van der Waals surface area contributed by atoms with Crippen molar-refractivity contribution in [2.24, 2.45) is 11.8 Å². The van der Waals surface area contributed by atoms with Crippen LogP contribution < -0.4 is 0 Å². The second-order valence-electron chi connectivity index (χ2n) is 6.34. The summed E-state index contributed by atoms with van der Waals surface area (Å²) in [5.41, 5.74) is 0.485. The number of cyclic esters (lactones) is 1. The van der Waals surface area contributed by atoms with E-state index in [4.69, 9.17) is 4.74 Å². The number of hydrogen-bond acceptors (Lipinski definition) is 6. The summed E-state index contributed by atoms with van der Waals surface area (Å²) >= 11 is 0. The number of esters is 1. The van der Waals surface area contributed by atoms with E-state index in [0.29, 0.717) is 5.56 Å². The fourth-order valence-corrected chi connectivity index (χ4v) is 2.84. The van der Waals surface area contributed by atoms with Crippen molar-refractivity contribution in [2.45, 2.75) is 32.4 Å². The first-order valence-electron chi connectivity index (χ1n) is 8.16. The molecule has 0 radical (unpaired) electrons. The molecule has 1 aromatic rings. The topological polar surface area (TPSA) is 93.1 Å². The SMILES string of the molecule is COC(=O)C[C@H](C(=O)N1C(=O)OC[C@@H]1C(C)C)[C@H](O)c1ccccc1. The maximum atomic E-state index is 13.0. The molecule has 1 heterocycles. The first-order chi connectivity index (χ1) is 11.9. The number of benzene rings is 1.